The van der Waals surface area contributed by atoms with Gasteiger partial charge in [0.25, 0.3) is 0 Å². The third-order valence-electron chi connectivity index (χ3n) is 0. The summed E-state index contributed by atoms with van der Waals surface area (Å²) < 4.78 is 0. The van der Waals surface area contributed by atoms with E-state index in [4.69, 9.17) is 58.4 Å². The fourth-order valence-electron chi connectivity index (χ4n) is 0. The van der Waals surface area contributed by atoms with Crippen LogP contribution < -0.4 is 0 Å². The molecule has 0 bridgehead atoms. The molecule has 0 saturated heterocycles. The molecule has 0 fully saturated rings. The van der Waals surface area contributed by atoms with Crippen molar-refractivity contribution in [3.63, 3.8) is 0 Å². The summed E-state index contributed by atoms with van der Waals surface area (Å²) in [6.45, 7) is 0. The van der Waals surface area contributed by atoms with Gasteiger partial charge in [0.1, 0.15) is 0 Å². The summed E-state index contributed by atoms with van der Waals surface area (Å²) in [7, 11) is 9.57. The van der Waals surface area contributed by atoms with Gasteiger partial charge in [-0.1, -0.05) is 0 Å². The standard InChI is InChI=1S/3ClH.2H3O3P.Rh/c;;;2*1-4(2)3;/h3*1H;2*1-3H;/q;;;;;+3/p-3. The molecule has 0 atom stereocenters. The first kappa shape index (κ1) is 19.7. The van der Waals surface area contributed by atoms with E-state index in [1.54, 1.807) is 0 Å². The van der Waals surface area contributed by atoms with E-state index in [-0.39, 0.29) is 0 Å². The average molecular weight is 373 g/mol. The van der Waals surface area contributed by atoms with Crippen LogP contribution in [0.1, 0.15) is 0 Å². The SMILES string of the molecule is OP(O)O.OP(O)O.[Cl][Rh]([Cl])[Cl]. The fourth-order valence-corrected chi connectivity index (χ4v) is 0. The van der Waals surface area contributed by atoms with Crippen molar-refractivity contribution in [2.45, 2.75) is 0 Å². The van der Waals surface area contributed by atoms with Crippen molar-refractivity contribution in [1.29, 1.82) is 0 Å². The summed E-state index contributed by atoms with van der Waals surface area (Å²) in [4.78, 5) is 43.4. The number of hydrogen-bond donors (Lipinski definition) is 6. The molecule has 12 heavy (non-hydrogen) atoms. The van der Waals surface area contributed by atoms with E-state index in [0.29, 0.717) is 0 Å². The van der Waals surface area contributed by atoms with Crippen LogP contribution in [0.25, 0.3) is 0 Å². The molecule has 12 heteroatoms. The Hall–Kier alpha value is 2.11. The molecule has 0 aromatic rings. The third-order valence-corrected chi connectivity index (χ3v) is 0. The molecule has 0 saturated carbocycles. The van der Waals surface area contributed by atoms with E-state index >= 15 is 0 Å². The van der Waals surface area contributed by atoms with Crippen LogP contribution in [0.3, 0.4) is 0 Å². The normalized spacial score (nSPS) is 9.75. The van der Waals surface area contributed by atoms with Crippen LogP contribution in [0.15, 0.2) is 0 Å². The summed E-state index contributed by atoms with van der Waals surface area (Å²) in [5.74, 6) is 0. The predicted octanol–water partition coefficient (Wildman–Crippen LogP) is 0.446. The third kappa shape index (κ3) is 335. The van der Waals surface area contributed by atoms with Crippen LogP contribution in [0.5, 0.6) is 0 Å². The van der Waals surface area contributed by atoms with Crippen LogP contribution in [0.4, 0.5) is 0 Å². The van der Waals surface area contributed by atoms with Crippen LogP contribution >= 0.6 is 46.3 Å². The molecule has 0 unspecified atom stereocenters. The molecule has 0 heterocycles. The summed E-state index contributed by atoms with van der Waals surface area (Å²) in [6, 6.07) is 0. The molecular weight excluding hydrogens is 367 g/mol. The second kappa shape index (κ2) is 15.6. The molecule has 0 aromatic heterocycles. The van der Waals surface area contributed by atoms with E-state index in [9.17, 15) is 0 Å². The van der Waals surface area contributed by atoms with Gasteiger partial charge < -0.3 is 29.4 Å². The topological polar surface area (TPSA) is 121 Å². The number of hydrogen-bond acceptors (Lipinski definition) is 6. The minimum atomic E-state index is -2.62. The second-order valence-electron chi connectivity index (χ2n) is 0.680. The van der Waals surface area contributed by atoms with Crippen LogP contribution in [-0.2, 0) is 13.0 Å². The van der Waals surface area contributed by atoms with Crippen molar-refractivity contribution >= 4 is 46.3 Å². The Morgan fingerprint density at radius 1 is 0.667 bits per heavy atom. The monoisotopic (exact) mass is 372 g/mol. The van der Waals surface area contributed by atoms with Gasteiger partial charge in [0.2, 0.25) is 0 Å². The summed E-state index contributed by atoms with van der Waals surface area (Å²) in [5, 5.41) is 0. The van der Waals surface area contributed by atoms with E-state index < -0.39 is 30.2 Å². The molecule has 0 amide bonds. The van der Waals surface area contributed by atoms with Crippen molar-refractivity contribution in [2.75, 3.05) is 0 Å². The van der Waals surface area contributed by atoms with Gasteiger partial charge in [0, 0.05) is 0 Å². The molecule has 0 rings (SSSR count). The average Bonchev–Trinajstić information content (AvgIpc) is 1.54. The Morgan fingerprint density at radius 2 is 0.667 bits per heavy atom. The van der Waals surface area contributed by atoms with Crippen molar-refractivity contribution in [3.05, 3.63) is 0 Å². The van der Waals surface area contributed by atoms with Gasteiger partial charge in [-0.15, -0.1) is 0 Å². The Morgan fingerprint density at radius 3 is 0.667 bits per heavy atom. The molecule has 82 valence electrons. The number of halogens is 3. The van der Waals surface area contributed by atoms with Gasteiger partial charge in [-0.3, -0.25) is 0 Å². The number of rotatable bonds is 0. The van der Waals surface area contributed by atoms with Crippen molar-refractivity contribution < 1.29 is 42.3 Å². The summed E-state index contributed by atoms with van der Waals surface area (Å²) in [6.07, 6.45) is 0. The fraction of sp³-hybridized carbons (Fsp3) is 0. The molecule has 0 aromatic carbocycles. The zero-order valence-corrected chi connectivity index (χ0v) is 10.7. The van der Waals surface area contributed by atoms with Crippen molar-refractivity contribution in [1.82, 2.24) is 0 Å². The van der Waals surface area contributed by atoms with Crippen LogP contribution in [0, 0.1) is 0 Å². The Kier molecular flexibility index (Phi) is 25.5. The Labute approximate surface area is 88.4 Å². The van der Waals surface area contributed by atoms with E-state index in [0.717, 1.165) is 0 Å². The van der Waals surface area contributed by atoms with Gasteiger partial charge >= 0.3 is 59.3 Å². The molecule has 6 nitrogen and oxygen atoms in total. The van der Waals surface area contributed by atoms with E-state index in [1.165, 1.54) is 0 Å². The van der Waals surface area contributed by atoms with Gasteiger partial charge in [0.05, 0.1) is 0 Å². The van der Waals surface area contributed by atoms with Crippen LogP contribution in [0.2, 0.25) is 0 Å². The Bertz CT molecular complexity index is 49.3. The Balaban J connectivity index is -0.000000101. The maximum absolute atomic E-state index is 7.23. The van der Waals surface area contributed by atoms with Gasteiger partial charge in [0.15, 0.2) is 0 Å². The second-order valence-corrected chi connectivity index (χ2v) is 9.22. The molecule has 0 aliphatic carbocycles. The zero-order chi connectivity index (χ0) is 10.7. The molecule has 6 N–H and O–H groups in total. The van der Waals surface area contributed by atoms with Gasteiger partial charge in [-0.05, 0) is 0 Å². The van der Waals surface area contributed by atoms with E-state index in [1.807, 2.05) is 0 Å². The minimum absolute atomic E-state index is 1.66. The first-order valence-corrected chi connectivity index (χ1v) is 10.3. The molecular formula is H6Cl3O6P2Rh. The first-order valence-electron chi connectivity index (χ1n) is 1.58. The summed E-state index contributed by atoms with van der Waals surface area (Å²) >= 11 is -1.66. The maximum atomic E-state index is 7.23. The predicted molar refractivity (Wildman–Crippen MR) is 44.7 cm³/mol. The first-order chi connectivity index (χ1) is 5.20. The van der Waals surface area contributed by atoms with E-state index in [2.05, 4.69) is 0 Å². The van der Waals surface area contributed by atoms with Gasteiger partial charge in [-0.2, -0.15) is 0 Å². The van der Waals surface area contributed by atoms with Crippen LogP contribution in [-0.4, -0.2) is 29.4 Å². The molecule has 0 aliphatic rings. The zero-order valence-electron chi connectivity index (χ0n) is 5.04. The molecule has 0 radical (unpaired) electrons. The summed E-state index contributed by atoms with van der Waals surface area (Å²) in [5.41, 5.74) is 0. The van der Waals surface area contributed by atoms with Gasteiger partial charge in [-0.25, -0.2) is 0 Å². The molecule has 0 spiro atoms. The van der Waals surface area contributed by atoms with Crippen molar-refractivity contribution in [2.24, 2.45) is 0 Å². The van der Waals surface area contributed by atoms with Crippen molar-refractivity contribution in [3.8, 4) is 0 Å². The quantitative estimate of drug-likeness (QED) is 0.271. The molecule has 0 aliphatic heterocycles.